The Morgan fingerprint density at radius 3 is 1.92 bits per heavy atom. The lowest BCUT2D eigenvalue weighted by Gasteiger charge is -2.14. The molecule has 3 amide bonds. The van der Waals surface area contributed by atoms with Crippen LogP contribution < -0.4 is 5.32 Å². The number of hydrogen-bond acceptors (Lipinski definition) is 7. The molecule has 0 bridgehead atoms. The molecule has 0 radical (unpaired) electrons. The van der Waals surface area contributed by atoms with E-state index in [1.165, 1.54) is 35.0 Å². The van der Waals surface area contributed by atoms with Crippen LogP contribution in [0.3, 0.4) is 0 Å². The first-order valence-corrected chi connectivity index (χ1v) is 13.1. The Bertz CT molecular complexity index is 1290. The summed E-state index contributed by atoms with van der Waals surface area (Å²) >= 11 is 1.44. The van der Waals surface area contributed by atoms with Crippen LogP contribution >= 0.6 is 11.8 Å². The highest BCUT2D eigenvalue weighted by Gasteiger charge is 2.38. The molecule has 5 rings (SSSR count). The lowest BCUT2D eigenvalue weighted by atomic mass is 9.98. The number of carbonyl (C=O) groups is 4. The van der Waals surface area contributed by atoms with Crippen molar-refractivity contribution in [1.29, 1.82) is 0 Å². The molecule has 1 N–H and O–H groups in total. The summed E-state index contributed by atoms with van der Waals surface area (Å²) in [6.07, 6.45) is -0.476. The maximum Gasteiger partial charge on any atom is 0.407 e. The number of ether oxygens (including phenoxy) is 1. The van der Waals surface area contributed by atoms with E-state index in [0.29, 0.717) is 23.1 Å². The van der Waals surface area contributed by atoms with E-state index >= 15 is 0 Å². The summed E-state index contributed by atoms with van der Waals surface area (Å²) in [4.78, 5) is 53.8. The summed E-state index contributed by atoms with van der Waals surface area (Å²) in [5.41, 5.74) is 5.08. The number of alkyl carbamates (subject to hydrolysis) is 1. The normalized spacial score (nSPS) is 13.7. The van der Waals surface area contributed by atoms with Crippen LogP contribution in [-0.2, 0) is 14.4 Å². The van der Waals surface area contributed by atoms with Crippen molar-refractivity contribution in [3.8, 4) is 11.1 Å². The summed E-state index contributed by atoms with van der Waals surface area (Å²) in [6, 6.07) is 22.6. The molecule has 2 aliphatic rings. The van der Waals surface area contributed by atoms with Gasteiger partial charge < -0.3 is 14.9 Å². The van der Waals surface area contributed by atoms with Gasteiger partial charge in [-0.05, 0) is 34.4 Å². The smallest absolute Gasteiger partial charge is 0.407 e. The molecular weight excluding hydrogens is 492 g/mol. The van der Waals surface area contributed by atoms with Gasteiger partial charge in [0.25, 0.3) is 11.8 Å². The van der Waals surface area contributed by atoms with Crippen LogP contribution in [0.25, 0.3) is 11.1 Å². The predicted octanol–water partition coefficient (Wildman–Crippen LogP) is 4.40. The first-order chi connectivity index (χ1) is 18.0. The van der Waals surface area contributed by atoms with Gasteiger partial charge in [0.05, 0.1) is 17.5 Å². The fraction of sp³-hybridized carbons (Fsp3) is 0.214. The van der Waals surface area contributed by atoms with Crippen molar-refractivity contribution in [1.82, 2.24) is 10.4 Å². The fourth-order valence-electron chi connectivity index (χ4n) is 4.53. The minimum atomic E-state index is -0.675. The van der Waals surface area contributed by atoms with Crippen molar-refractivity contribution in [2.24, 2.45) is 0 Å². The summed E-state index contributed by atoms with van der Waals surface area (Å²) < 4.78 is 5.50. The van der Waals surface area contributed by atoms with Crippen molar-refractivity contribution < 1.29 is 28.8 Å². The lowest BCUT2D eigenvalue weighted by molar-refractivity contribution is -0.167. The largest absolute Gasteiger partial charge is 0.449 e. The molecule has 9 heteroatoms. The van der Waals surface area contributed by atoms with Crippen molar-refractivity contribution in [3.05, 3.63) is 95.1 Å². The number of hydroxylamine groups is 2. The second-order valence-corrected chi connectivity index (χ2v) is 9.75. The van der Waals surface area contributed by atoms with Gasteiger partial charge in [0.15, 0.2) is 0 Å². The van der Waals surface area contributed by atoms with E-state index in [1.807, 2.05) is 24.3 Å². The van der Waals surface area contributed by atoms with E-state index in [2.05, 4.69) is 29.6 Å². The molecular formula is C28H24N2O6S. The SMILES string of the molecule is O=C(CCSCCNC(=O)OCC1c2ccccc2-c2ccccc21)ON1C(=O)c2ccccc2C1=O. The molecule has 0 unspecified atom stereocenters. The van der Waals surface area contributed by atoms with Crippen LogP contribution in [0.2, 0.25) is 0 Å². The molecule has 1 aliphatic carbocycles. The zero-order valence-corrected chi connectivity index (χ0v) is 20.7. The predicted molar refractivity (Wildman–Crippen MR) is 138 cm³/mol. The summed E-state index contributed by atoms with van der Waals surface area (Å²) in [5, 5.41) is 3.24. The fourth-order valence-corrected chi connectivity index (χ4v) is 5.29. The monoisotopic (exact) mass is 516 g/mol. The Kier molecular flexibility index (Phi) is 7.23. The molecule has 37 heavy (non-hydrogen) atoms. The molecule has 0 saturated carbocycles. The number of carbonyl (C=O) groups excluding carboxylic acids is 4. The van der Waals surface area contributed by atoms with E-state index in [4.69, 9.17) is 9.57 Å². The van der Waals surface area contributed by atoms with Crippen molar-refractivity contribution in [3.63, 3.8) is 0 Å². The summed E-state index contributed by atoms with van der Waals surface area (Å²) in [7, 11) is 0. The maximum atomic E-state index is 12.3. The molecule has 8 nitrogen and oxygen atoms in total. The maximum absolute atomic E-state index is 12.3. The highest BCUT2D eigenvalue weighted by Crippen LogP contribution is 2.44. The number of benzene rings is 3. The zero-order valence-electron chi connectivity index (χ0n) is 19.8. The first-order valence-electron chi connectivity index (χ1n) is 11.9. The molecule has 0 atom stereocenters. The second-order valence-electron chi connectivity index (χ2n) is 8.53. The van der Waals surface area contributed by atoms with Gasteiger partial charge in [-0.25, -0.2) is 9.59 Å². The molecule has 3 aromatic rings. The first kappa shape index (κ1) is 24.6. The van der Waals surface area contributed by atoms with Gasteiger partial charge >= 0.3 is 12.1 Å². The van der Waals surface area contributed by atoms with E-state index in [-0.39, 0.29) is 30.1 Å². The number of nitrogens with zero attached hydrogens (tertiary/aromatic N) is 1. The average molecular weight is 517 g/mol. The third-order valence-electron chi connectivity index (χ3n) is 6.26. The number of fused-ring (bicyclic) bond motifs is 4. The standard InChI is InChI=1S/C28H24N2O6S/c31-25(36-30-26(32)22-11-5-6-12-23(22)27(30)33)13-15-37-16-14-29-28(34)35-17-24-20-9-3-1-7-18(20)19-8-2-4-10-21(19)24/h1-12,24H,13-17H2,(H,29,34). The number of thioether (sulfide) groups is 1. The van der Waals surface area contributed by atoms with Gasteiger partial charge in [-0.1, -0.05) is 65.7 Å². The van der Waals surface area contributed by atoms with E-state index < -0.39 is 23.9 Å². The quantitative estimate of drug-likeness (QED) is 0.332. The molecule has 0 saturated heterocycles. The number of rotatable bonds is 9. The molecule has 0 aromatic heterocycles. The molecule has 1 aliphatic heterocycles. The van der Waals surface area contributed by atoms with E-state index in [0.717, 1.165) is 11.1 Å². The van der Waals surface area contributed by atoms with Gasteiger partial charge in [-0.2, -0.15) is 11.8 Å². The summed E-state index contributed by atoms with van der Waals surface area (Å²) in [5.74, 6) is -0.992. The third kappa shape index (κ3) is 5.08. The third-order valence-corrected chi connectivity index (χ3v) is 7.25. The molecule has 3 aromatic carbocycles. The van der Waals surface area contributed by atoms with Crippen LogP contribution in [0.4, 0.5) is 4.79 Å². The van der Waals surface area contributed by atoms with Crippen LogP contribution in [0.5, 0.6) is 0 Å². The van der Waals surface area contributed by atoms with Gasteiger partial charge in [-0.15, -0.1) is 0 Å². The second kappa shape index (κ2) is 10.9. The minimum absolute atomic E-state index is 0.000648. The molecule has 188 valence electrons. The van der Waals surface area contributed by atoms with Crippen molar-refractivity contribution in [2.45, 2.75) is 12.3 Å². The van der Waals surface area contributed by atoms with Crippen LogP contribution in [0.1, 0.15) is 44.2 Å². The zero-order chi connectivity index (χ0) is 25.8. The highest BCUT2D eigenvalue weighted by atomic mass is 32.2. The van der Waals surface area contributed by atoms with Crippen LogP contribution in [0.15, 0.2) is 72.8 Å². The van der Waals surface area contributed by atoms with Gasteiger partial charge in [-0.3, -0.25) is 9.59 Å². The number of imide groups is 1. The van der Waals surface area contributed by atoms with Crippen molar-refractivity contribution in [2.75, 3.05) is 24.7 Å². The Labute approximate surface area is 217 Å². The van der Waals surface area contributed by atoms with Gasteiger partial charge in [0.1, 0.15) is 6.61 Å². The van der Waals surface area contributed by atoms with E-state index in [9.17, 15) is 19.2 Å². The average Bonchev–Trinajstić information content (AvgIpc) is 3.37. The highest BCUT2D eigenvalue weighted by molar-refractivity contribution is 7.99. The topological polar surface area (TPSA) is 102 Å². The molecule has 0 fully saturated rings. The Hall–Kier alpha value is -4.11. The Morgan fingerprint density at radius 1 is 0.784 bits per heavy atom. The number of nitrogens with one attached hydrogen (secondary N) is 1. The van der Waals surface area contributed by atoms with Crippen LogP contribution in [0, 0.1) is 0 Å². The number of hydrogen-bond donors (Lipinski definition) is 1. The number of amides is 3. The Balaban J connectivity index is 0.994. The van der Waals surface area contributed by atoms with Gasteiger partial charge in [0.2, 0.25) is 0 Å². The summed E-state index contributed by atoms with van der Waals surface area (Å²) in [6.45, 7) is 0.617. The lowest BCUT2D eigenvalue weighted by Crippen LogP contribution is -2.32. The van der Waals surface area contributed by atoms with Crippen LogP contribution in [-0.4, -0.2) is 53.6 Å². The Morgan fingerprint density at radius 2 is 1.32 bits per heavy atom. The van der Waals surface area contributed by atoms with Crippen molar-refractivity contribution >= 4 is 35.6 Å². The minimum Gasteiger partial charge on any atom is -0.449 e. The van der Waals surface area contributed by atoms with Gasteiger partial charge in [0, 0.05) is 24.0 Å². The van der Waals surface area contributed by atoms with E-state index in [1.54, 1.807) is 12.1 Å². The molecule has 0 spiro atoms. The molecule has 1 heterocycles.